The fourth-order valence-electron chi connectivity index (χ4n) is 1.70. The van der Waals surface area contributed by atoms with Gasteiger partial charge in [-0.25, -0.2) is 0 Å². The van der Waals surface area contributed by atoms with Crippen molar-refractivity contribution in [2.24, 2.45) is 5.73 Å². The zero-order valence-electron chi connectivity index (χ0n) is 9.67. The lowest BCUT2D eigenvalue weighted by molar-refractivity contribution is 0.111. The summed E-state index contributed by atoms with van der Waals surface area (Å²) in [5, 5.41) is 9.32. The van der Waals surface area contributed by atoms with Crippen molar-refractivity contribution >= 4 is 10.2 Å². The zero-order chi connectivity index (χ0) is 12.2. The van der Waals surface area contributed by atoms with Crippen molar-refractivity contribution < 1.29 is 13.5 Å². The summed E-state index contributed by atoms with van der Waals surface area (Å²) < 4.78 is 26.8. The van der Waals surface area contributed by atoms with Crippen molar-refractivity contribution in [3.05, 3.63) is 0 Å². The average Bonchev–Trinajstić information content (AvgIpc) is 2.26. The molecule has 1 aliphatic heterocycles. The summed E-state index contributed by atoms with van der Waals surface area (Å²) in [5.74, 6) is 0. The summed E-state index contributed by atoms with van der Waals surface area (Å²) in [6.45, 7) is 1.73. The van der Waals surface area contributed by atoms with Gasteiger partial charge in [0, 0.05) is 26.7 Å². The molecule has 0 aromatic heterocycles. The minimum absolute atomic E-state index is 0.360. The number of aliphatic hydroxyl groups is 1. The van der Waals surface area contributed by atoms with Gasteiger partial charge in [-0.15, -0.1) is 0 Å². The molecule has 0 aromatic carbocycles. The largest absolute Gasteiger partial charge is 0.393 e. The number of piperidine rings is 1. The Hall–Kier alpha value is -0.210. The minimum atomic E-state index is -3.36. The average molecular weight is 251 g/mol. The lowest BCUT2D eigenvalue weighted by Crippen LogP contribution is -2.47. The molecule has 0 spiro atoms. The third-order valence-electron chi connectivity index (χ3n) is 2.82. The van der Waals surface area contributed by atoms with Gasteiger partial charge in [-0.3, -0.25) is 0 Å². The molecule has 0 radical (unpaired) electrons. The van der Waals surface area contributed by atoms with Crippen LogP contribution in [0.4, 0.5) is 0 Å². The number of nitrogens with two attached hydrogens (primary N) is 1. The van der Waals surface area contributed by atoms with Gasteiger partial charge in [0.2, 0.25) is 0 Å². The second kappa shape index (κ2) is 5.92. The van der Waals surface area contributed by atoms with Crippen molar-refractivity contribution in [3.63, 3.8) is 0 Å². The van der Waals surface area contributed by atoms with E-state index < -0.39 is 10.2 Å². The van der Waals surface area contributed by atoms with Crippen LogP contribution in [-0.2, 0) is 10.2 Å². The molecule has 0 aromatic rings. The highest BCUT2D eigenvalue weighted by atomic mass is 32.2. The number of nitrogens with zero attached hydrogens (tertiary/aromatic N) is 2. The summed E-state index contributed by atoms with van der Waals surface area (Å²) in [7, 11) is -1.79. The molecule has 0 saturated carbocycles. The summed E-state index contributed by atoms with van der Waals surface area (Å²) in [6.07, 6.45) is 1.33. The molecule has 1 heterocycles. The molecule has 0 amide bonds. The van der Waals surface area contributed by atoms with Crippen LogP contribution in [0.1, 0.15) is 19.3 Å². The molecule has 3 N–H and O–H groups in total. The Morgan fingerprint density at radius 2 is 2.00 bits per heavy atom. The Labute approximate surface area is 97.2 Å². The summed E-state index contributed by atoms with van der Waals surface area (Å²) in [4.78, 5) is 0. The maximum atomic E-state index is 12.0. The normalized spacial score (nSPS) is 20.5. The molecule has 16 heavy (non-hydrogen) atoms. The molecule has 1 fully saturated rings. The van der Waals surface area contributed by atoms with Crippen LogP contribution >= 0.6 is 0 Å². The van der Waals surface area contributed by atoms with Crippen molar-refractivity contribution in [2.45, 2.75) is 25.4 Å². The topological polar surface area (TPSA) is 86.9 Å². The third-order valence-corrected chi connectivity index (χ3v) is 4.81. The van der Waals surface area contributed by atoms with E-state index in [9.17, 15) is 13.5 Å². The number of rotatable bonds is 5. The van der Waals surface area contributed by atoms with Gasteiger partial charge in [-0.2, -0.15) is 17.0 Å². The molecule has 0 bridgehead atoms. The highest BCUT2D eigenvalue weighted by Gasteiger charge is 2.29. The van der Waals surface area contributed by atoms with Gasteiger partial charge in [0.05, 0.1) is 6.10 Å². The number of hydrogen-bond donors (Lipinski definition) is 2. The second-order valence-corrected chi connectivity index (χ2v) is 6.14. The first kappa shape index (κ1) is 13.9. The second-order valence-electron chi connectivity index (χ2n) is 4.10. The van der Waals surface area contributed by atoms with Gasteiger partial charge in [0.25, 0.3) is 10.2 Å². The molecule has 6 nitrogen and oxygen atoms in total. The Balaban J connectivity index is 2.56. The molecule has 1 rings (SSSR count). The van der Waals surface area contributed by atoms with Gasteiger partial charge in [-0.05, 0) is 25.8 Å². The van der Waals surface area contributed by atoms with E-state index in [1.54, 1.807) is 7.05 Å². The van der Waals surface area contributed by atoms with Crippen LogP contribution in [0.2, 0.25) is 0 Å². The van der Waals surface area contributed by atoms with E-state index in [-0.39, 0.29) is 6.10 Å². The Kier molecular flexibility index (Phi) is 5.13. The molecule has 1 aliphatic rings. The first-order valence-electron chi connectivity index (χ1n) is 5.58. The lowest BCUT2D eigenvalue weighted by Gasteiger charge is -2.31. The monoisotopic (exact) mass is 251 g/mol. The standard InChI is InChI=1S/C9H21N3O3S/c1-11(6-2-5-10)16(14,15)12-7-3-9(13)4-8-12/h9,13H,2-8,10H2,1H3. The predicted molar refractivity (Wildman–Crippen MR) is 62.0 cm³/mol. The van der Waals surface area contributed by atoms with E-state index in [1.807, 2.05) is 0 Å². The fraction of sp³-hybridized carbons (Fsp3) is 1.00. The van der Waals surface area contributed by atoms with Crippen molar-refractivity contribution in [3.8, 4) is 0 Å². The van der Waals surface area contributed by atoms with Crippen LogP contribution in [0.25, 0.3) is 0 Å². The number of hydrogen-bond acceptors (Lipinski definition) is 4. The van der Waals surface area contributed by atoms with Crippen LogP contribution in [0.15, 0.2) is 0 Å². The summed E-state index contributed by atoms with van der Waals surface area (Å²) in [5.41, 5.74) is 5.35. The smallest absolute Gasteiger partial charge is 0.281 e. The van der Waals surface area contributed by atoms with Gasteiger partial charge in [0.1, 0.15) is 0 Å². The van der Waals surface area contributed by atoms with Crippen LogP contribution in [0.5, 0.6) is 0 Å². The molecule has 96 valence electrons. The fourth-order valence-corrected chi connectivity index (χ4v) is 3.13. The highest BCUT2D eigenvalue weighted by Crippen LogP contribution is 2.15. The van der Waals surface area contributed by atoms with Gasteiger partial charge >= 0.3 is 0 Å². The SMILES string of the molecule is CN(CCCN)S(=O)(=O)N1CCC(O)CC1. The Bertz CT molecular complexity index is 299. The first-order valence-corrected chi connectivity index (χ1v) is 6.97. The maximum absolute atomic E-state index is 12.0. The zero-order valence-corrected chi connectivity index (χ0v) is 10.5. The van der Waals surface area contributed by atoms with Crippen molar-refractivity contribution in [1.82, 2.24) is 8.61 Å². The van der Waals surface area contributed by atoms with Crippen molar-refractivity contribution in [2.75, 3.05) is 33.2 Å². The lowest BCUT2D eigenvalue weighted by atomic mass is 10.1. The molecule has 1 saturated heterocycles. The molecule has 0 unspecified atom stereocenters. The predicted octanol–water partition coefficient (Wildman–Crippen LogP) is -1.03. The Morgan fingerprint density at radius 3 is 2.50 bits per heavy atom. The van der Waals surface area contributed by atoms with E-state index >= 15 is 0 Å². The molecule has 0 aliphatic carbocycles. The highest BCUT2D eigenvalue weighted by molar-refractivity contribution is 7.86. The minimum Gasteiger partial charge on any atom is -0.393 e. The van der Waals surface area contributed by atoms with Crippen molar-refractivity contribution in [1.29, 1.82) is 0 Å². The molecule has 7 heteroatoms. The van der Waals surface area contributed by atoms with E-state index in [2.05, 4.69) is 0 Å². The van der Waals surface area contributed by atoms with Gasteiger partial charge < -0.3 is 10.8 Å². The number of aliphatic hydroxyl groups excluding tert-OH is 1. The van der Waals surface area contributed by atoms with Gasteiger partial charge in [0.15, 0.2) is 0 Å². The van der Waals surface area contributed by atoms with Gasteiger partial charge in [-0.1, -0.05) is 0 Å². The van der Waals surface area contributed by atoms with Crippen LogP contribution in [0.3, 0.4) is 0 Å². The van der Waals surface area contributed by atoms with E-state index in [0.717, 1.165) is 0 Å². The Morgan fingerprint density at radius 1 is 1.44 bits per heavy atom. The summed E-state index contributed by atoms with van der Waals surface area (Å²) >= 11 is 0. The molecule has 0 atom stereocenters. The van der Waals surface area contributed by atoms with E-state index in [4.69, 9.17) is 5.73 Å². The van der Waals surface area contributed by atoms with Crippen LogP contribution in [0, 0.1) is 0 Å². The van der Waals surface area contributed by atoms with E-state index in [1.165, 1.54) is 8.61 Å². The molecular weight excluding hydrogens is 230 g/mol. The maximum Gasteiger partial charge on any atom is 0.281 e. The van der Waals surface area contributed by atoms with Crippen LogP contribution < -0.4 is 5.73 Å². The third kappa shape index (κ3) is 3.39. The van der Waals surface area contributed by atoms with E-state index in [0.29, 0.717) is 45.4 Å². The first-order chi connectivity index (χ1) is 7.48. The molecular formula is C9H21N3O3S. The quantitative estimate of drug-likeness (QED) is 0.654. The van der Waals surface area contributed by atoms with Crippen LogP contribution in [-0.4, -0.2) is 61.5 Å². The summed E-state index contributed by atoms with van der Waals surface area (Å²) in [6, 6.07) is 0.